The van der Waals surface area contributed by atoms with Crippen LogP contribution < -0.4 is 10.6 Å². The van der Waals surface area contributed by atoms with Gasteiger partial charge >= 0.3 is 0 Å². The Hall–Kier alpha value is -3.56. The lowest BCUT2D eigenvalue weighted by atomic mass is 10.0. The van der Waals surface area contributed by atoms with Crippen molar-refractivity contribution in [2.24, 2.45) is 0 Å². The first-order valence-electron chi connectivity index (χ1n) is 11.2. The Labute approximate surface area is 196 Å². The molecule has 3 N–H and O–H groups in total. The van der Waals surface area contributed by atoms with Gasteiger partial charge in [-0.15, -0.1) is 0 Å². The number of piperazine rings is 1. The number of aliphatic hydroxyl groups excluding tert-OH is 1. The van der Waals surface area contributed by atoms with Crippen molar-refractivity contribution < 1.29 is 13.9 Å². The van der Waals surface area contributed by atoms with Gasteiger partial charge in [0.15, 0.2) is 17.3 Å². The van der Waals surface area contributed by atoms with Crippen molar-refractivity contribution in [1.29, 1.82) is 0 Å². The summed E-state index contributed by atoms with van der Waals surface area (Å²) in [4.78, 5) is 9.32. The number of nitrogens with two attached hydrogens (primary N) is 1. The van der Waals surface area contributed by atoms with Crippen molar-refractivity contribution >= 4 is 17.2 Å². The fourth-order valence-corrected chi connectivity index (χ4v) is 4.59. The van der Waals surface area contributed by atoms with Crippen LogP contribution >= 0.6 is 0 Å². The first-order valence-corrected chi connectivity index (χ1v) is 11.2. The molecule has 0 spiro atoms. The van der Waals surface area contributed by atoms with Crippen molar-refractivity contribution in [3.8, 4) is 22.3 Å². The van der Waals surface area contributed by atoms with Gasteiger partial charge in [-0.25, -0.2) is 13.8 Å². The third-order valence-electron chi connectivity index (χ3n) is 6.38. The molecule has 1 fully saturated rings. The summed E-state index contributed by atoms with van der Waals surface area (Å²) in [6, 6.07) is 11.9. The van der Waals surface area contributed by atoms with E-state index >= 15 is 0 Å². The fourth-order valence-electron chi connectivity index (χ4n) is 4.59. The number of anilines is 2. The number of benzene rings is 2. The van der Waals surface area contributed by atoms with Crippen LogP contribution in [0.5, 0.6) is 0 Å². The van der Waals surface area contributed by atoms with E-state index in [9.17, 15) is 8.78 Å². The number of hydrogen-bond acceptors (Lipinski definition) is 6. The molecule has 1 aliphatic rings. The van der Waals surface area contributed by atoms with Crippen LogP contribution in [0.4, 0.5) is 20.3 Å². The first-order chi connectivity index (χ1) is 16.5. The number of aliphatic hydroxyl groups is 1. The lowest BCUT2D eigenvalue weighted by Crippen LogP contribution is -2.47. The van der Waals surface area contributed by atoms with Crippen molar-refractivity contribution in [1.82, 2.24) is 19.5 Å². The van der Waals surface area contributed by atoms with Gasteiger partial charge in [0.1, 0.15) is 5.82 Å². The van der Waals surface area contributed by atoms with E-state index in [1.165, 1.54) is 6.07 Å². The van der Waals surface area contributed by atoms with Crippen LogP contribution in [0.3, 0.4) is 0 Å². The highest BCUT2D eigenvalue weighted by molar-refractivity contribution is 5.84. The number of nitrogen functional groups attached to an aromatic ring is 1. The normalized spacial score (nSPS) is 14.8. The molecule has 3 heterocycles. The van der Waals surface area contributed by atoms with Gasteiger partial charge in [0, 0.05) is 49.5 Å². The fraction of sp³-hybridized carbons (Fsp3) is 0.280. The Bertz CT molecular complexity index is 1350. The zero-order chi connectivity index (χ0) is 23.8. The third-order valence-corrected chi connectivity index (χ3v) is 6.38. The van der Waals surface area contributed by atoms with Crippen molar-refractivity contribution in [2.45, 2.75) is 6.92 Å². The number of aromatic nitrogens is 3. The summed E-state index contributed by atoms with van der Waals surface area (Å²) in [5.41, 5.74) is 11.5. The van der Waals surface area contributed by atoms with E-state index in [0.29, 0.717) is 34.8 Å². The molecule has 0 unspecified atom stereocenters. The minimum atomic E-state index is -0.938. The van der Waals surface area contributed by atoms with Gasteiger partial charge < -0.3 is 15.7 Å². The van der Waals surface area contributed by atoms with Crippen molar-refractivity contribution in [2.75, 3.05) is 50.0 Å². The van der Waals surface area contributed by atoms with Gasteiger partial charge in [-0.2, -0.15) is 9.61 Å². The van der Waals surface area contributed by atoms with E-state index in [1.54, 1.807) is 17.6 Å². The highest BCUT2D eigenvalue weighted by Gasteiger charge is 2.20. The quantitative estimate of drug-likeness (QED) is 0.472. The van der Waals surface area contributed by atoms with E-state index in [-0.39, 0.29) is 6.61 Å². The molecule has 7 nitrogen and oxygen atoms in total. The molecule has 5 rings (SSSR count). The Morgan fingerprint density at radius 1 is 1.00 bits per heavy atom. The maximum atomic E-state index is 13.8. The smallest absolute Gasteiger partial charge is 0.165 e. The molecule has 2 aromatic carbocycles. The molecule has 0 aliphatic carbocycles. The van der Waals surface area contributed by atoms with E-state index in [4.69, 9.17) is 15.8 Å². The molecule has 4 aromatic rings. The third kappa shape index (κ3) is 3.97. The summed E-state index contributed by atoms with van der Waals surface area (Å²) < 4.78 is 28.8. The highest BCUT2D eigenvalue weighted by atomic mass is 19.2. The van der Waals surface area contributed by atoms with Crippen molar-refractivity contribution in [3.05, 3.63) is 66.0 Å². The zero-order valence-corrected chi connectivity index (χ0v) is 18.9. The summed E-state index contributed by atoms with van der Waals surface area (Å²) in [5, 5.41) is 13.6. The number of aryl methyl sites for hydroxylation is 1. The van der Waals surface area contributed by atoms with Crippen molar-refractivity contribution in [3.63, 3.8) is 0 Å². The van der Waals surface area contributed by atoms with Gasteiger partial charge in [-0.3, -0.25) is 4.90 Å². The van der Waals surface area contributed by atoms with E-state index in [0.717, 1.165) is 55.1 Å². The van der Waals surface area contributed by atoms with E-state index in [1.807, 2.05) is 12.1 Å². The molecule has 0 amide bonds. The Morgan fingerprint density at radius 2 is 1.79 bits per heavy atom. The lowest BCUT2D eigenvalue weighted by Gasteiger charge is -2.35. The van der Waals surface area contributed by atoms with Crippen LogP contribution in [0.1, 0.15) is 5.69 Å². The molecule has 2 aromatic heterocycles. The second kappa shape index (κ2) is 9.00. The molecular weight excluding hydrogens is 438 g/mol. The molecule has 34 heavy (non-hydrogen) atoms. The van der Waals surface area contributed by atoms with E-state index in [2.05, 4.69) is 27.0 Å². The molecule has 176 valence electrons. The molecule has 0 saturated carbocycles. The maximum absolute atomic E-state index is 13.8. The molecule has 0 atom stereocenters. The standard InChI is InChI=1S/C25H26F2N6O/c1-16-23(18-5-6-21(26)22(27)14-18)24(28)33-25(30-16)20(15-29-33)17-3-2-4-19(13-17)32-9-7-31(8-10-32)11-12-34/h2-6,13-15,34H,7-12,28H2,1H3. The van der Waals surface area contributed by atoms with Crippen LogP contribution in [0.15, 0.2) is 48.7 Å². The maximum Gasteiger partial charge on any atom is 0.165 e. The van der Waals surface area contributed by atoms with E-state index < -0.39 is 11.6 Å². The number of halogens is 2. The lowest BCUT2D eigenvalue weighted by molar-refractivity contribution is 0.189. The van der Waals surface area contributed by atoms with Crippen LogP contribution in [0, 0.1) is 18.6 Å². The molecule has 1 saturated heterocycles. The van der Waals surface area contributed by atoms with Gasteiger partial charge in [-0.1, -0.05) is 18.2 Å². The number of β-amino-alcohol motifs (C(OH)–C–C–N with tert-alkyl or cyclic N) is 1. The largest absolute Gasteiger partial charge is 0.395 e. The summed E-state index contributed by atoms with van der Waals surface area (Å²) >= 11 is 0. The summed E-state index contributed by atoms with van der Waals surface area (Å²) in [6.45, 7) is 6.27. The van der Waals surface area contributed by atoms with Gasteiger partial charge in [-0.05, 0) is 42.3 Å². The topological polar surface area (TPSA) is 82.9 Å². The molecule has 0 radical (unpaired) electrons. The second-order valence-electron chi connectivity index (χ2n) is 8.48. The first kappa shape index (κ1) is 22.2. The minimum absolute atomic E-state index is 0.178. The molecule has 1 aliphatic heterocycles. The van der Waals surface area contributed by atoms with Crippen LogP contribution in [-0.4, -0.2) is 63.9 Å². The molecule has 0 bridgehead atoms. The molecule has 9 heteroatoms. The average molecular weight is 465 g/mol. The highest BCUT2D eigenvalue weighted by Crippen LogP contribution is 2.34. The minimum Gasteiger partial charge on any atom is -0.395 e. The van der Waals surface area contributed by atoms with Gasteiger partial charge in [0.2, 0.25) is 0 Å². The SMILES string of the molecule is Cc1nc2c(-c3cccc(N4CCN(CCO)CC4)c3)cnn2c(N)c1-c1ccc(F)c(F)c1. The number of nitrogens with zero attached hydrogens (tertiary/aromatic N) is 5. The predicted octanol–water partition coefficient (Wildman–Crippen LogP) is 3.35. The Balaban J connectivity index is 1.50. The van der Waals surface area contributed by atoms with Gasteiger partial charge in [0.25, 0.3) is 0 Å². The number of rotatable bonds is 5. The summed E-state index contributed by atoms with van der Waals surface area (Å²) in [5.74, 6) is -1.53. The average Bonchev–Trinajstić information content (AvgIpc) is 3.26. The van der Waals surface area contributed by atoms with Crippen LogP contribution in [-0.2, 0) is 0 Å². The van der Waals surface area contributed by atoms with Crippen LogP contribution in [0.2, 0.25) is 0 Å². The summed E-state index contributed by atoms with van der Waals surface area (Å²) in [7, 11) is 0. The second-order valence-corrected chi connectivity index (χ2v) is 8.48. The Kier molecular flexibility index (Phi) is 5.89. The number of fused-ring (bicyclic) bond motifs is 1. The molecular formula is C25H26F2N6O. The Morgan fingerprint density at radius 3 is 2.53 bits per heavy atom. The van der Waals surface area contributed by atoms with Crippen LogP contribution in [0.25, 0.3) is 27.9 Å². The predicted molar refractivity (Wildman–Crippen MR) is 129 cm³/mol. The van der Waals surface area contributed by atoms with Gasteiger partial charge in [0.05, 0.1) is 18.5 Å². The monoisotopic (exact) mass is 464 g/mol. The zero-order valence-electron chi connectivity index (χ0n) is 18.9. The summed E-state index contributed by atoms with van der Waals surface area (Å²) in [6.07, 6.45) is 1.73. The number of hydrogen-bond donors (Lipinski definition) is 2.